The van der Waals surface area contributed by atoms with Gasteiger partial charge < -0.3 is 20.7 Å². The number of carbonyl (C=O) groups is 2. The monoisotopic (exact) mass is 397 g/mol. The van der Waals surface area contributed by atoms with Crippen LogP contribution in [0.5, 0.6) is 5.75 Å². The normalized spacial score (nSPS) is 29.1. The Morgan fingerprint density at radius 2 is 2.07 bits per heavy atom. The van der Waals surface area contributed by atoms with Crippen molar-refractivity contribution < 1.29 is 14.3 Å². The number of ether oxygens (including phenoxy) is 1. The molecule has 1 aromatic carbocycles. The summed E-state index contributed by atoms with van der Waals surface area (Å²) in [4.78, 5) is 30.3. The molecule has 0 bridgehead atoms. The Kier molecular flexibility index (Phi) is 4.66. The standard InChI is InChI=1S/C21H27N5O3/c22-20(28)19(16-8-6-12-3-1-2-4-15(12)23-16)29-14-7-5-13-10-26-11-18(27)25-21(26)24-17(13)9-14/h5,7,9,12,15-16,19,23H,1-4,6,8,10-11H2,(H2,22,28)(H,24,25,27). The number of rotatable bonds is 4. The van der Waals surface area contributed by atoms with E-state index < -0.39 is 12.0 Å². The lowest BCUT2D eigenvalue weighted by Gasteiger charge is -2.42. The molecule has 1 saturated carbocycles. The van der Waals surface area contributed by atoms with E-state index in [2.05, 4.69) is 15.6 Å². The minimum atomic E-state index is -0.713. The Balaban J connectivity index is 1.33. The predicted octanol–water partition coefficient (Wildman–Crippen LogP) is 1.16. The Morgan fingerprint density at radius 3 is 2.93 bits per heavy atom. The van der Waals surface area contributed by atoms with Crippen molar-refractivity contribution in [3.05, 3.63) is 23.8 Å². The van der Waals surface area contributed by atoms with Gasteiger partial charge in [-0.1, -0.05) is 18.9 Å². The summed E-state index contributed by atoms with van der Waals surface area (Å²) in [5, 5.41) is 6.41. The second-order valence-corrected chi connectivity index (χ2v) is 8.57. The number of hydrogen-bond donors (Lipinski definition) is 3. The maximum absolute atomic E-state index is 12.2. The first kappa shape index (κ1) is 18.4. The van der Waals surface area contributed by atoms with Gasteiger partial charge in [-0.2, -0.15) is 0 Å². The van der Waals surface area contributed by atoms with E-state index in [-0.39, 0.29) is 11.9 Å². The second kappa shape index (κ2) is 7.33. The van der Waals surface area contributed by atoms with Crippen molar-refractivity contribution >= 4 is 23.5 Å². The van der Waals surface area contributed by atoms with E-state index in [0.717, 1.165) is 30.5 Å². The molecule has 2 saturated heterocycles. The van der Waals surface area contributed by atoms with Gasteiger partial charge in [-0.15, -0.1) is 0 Å². The van der Waals surface area contributed by atoms with E-state index in [0.29, 0.717) is 36.8 Å². The molecule has 2 amide bonds. The average molecular weight is 397 g/mol. The summed E-state index contributed by atoms with van der Waals surface area (Å²) in [5.74, 6) is 1.35. The van der Waals surface area contributed by atoms with Gasteiger partial charge >= 0.3 is 0 Å². The first-order valence-corrected chi connectivity index (χ1v) is 10.6. The van der Waals surface area contributed by atoms with Crippen molar-refractivity contribution in [1.82, 2.24) is 15.5 Å². The molecule has 29 heavy (non-hydrogen) atoms. The largest absolute Gasteiger partial charge is 0.479 e. The number of nitrogens with one attached hydrogen (secondary N) is 2. The predicted molar refractivity (Wildman–Crippen MR) is 108 cm³/mol. The maximum Gasteiger partial charge on any atom is 0.260 e. The maximum atomic E-state index is 12.2. The zero-order valence-electron chi connectivity index (χ0n) is 16.4. The van der Waals surface area contributed by atoms with E-state index in [1.807, 2.05) is 23.1 Å². The summed E-state index contributed by atoms with van der Waals surface area (Å²) in [6.07, 6.45) is 6.26. The van der Waals surface area contributed by atoms with Crippen LogP contribution >= 0.6 is 0 Å². The third-order valence-corrected chi connectivity index (χ3v) is 6.62. The third kappa shape index (κ3) is 3.57. The zero-order valence-corrected chi connectivity index (χ0v) is 16.4. The molecule has 5 rings (SSSR count). The van der Waals surface area contributed by atoms with Crippen LogP contribution in [0.2, 0.25) is 0 Å². The molecule has 0 radical (unpaired) electrons. The van der Waals surface area contributed by atoms with Crippen LogP contribution in [0.1, 0.15) is 44.1 Å². The molecule has 4 unspecified atom stereocenters. The smallest absolute Gasteiger partial charge is 0.260 e. The minimum Gasteiger partial charge on any atom is -0.479 e. The molecule has 154 valence electrons. The molecule has 3 heterocycles. The average Bonchev–Trinajstić information content (AvgIpc) is 3.08. The van der Waals surface area contributed by atoms with Crippen molar-refractivity contribution in [3.8, 4) is 5.75 Å². The van der Waals surface area contributed by atoms with E-state index in [1.54, 1.807) is 0 Å². The van der Waals surface area contributed by atoms with Crippen LogP contribution in [0.4, 0.5) is 5.69 Å². The molecule has 8 heteroatoms. The summed E-state index contributed by atoms with van der Waals surface area (Å²) in [5.41, 5.74) is 7.50. The van der Waals surface area contributed by atoms with Gasteiger partial charge in [0.1, 0.15) is 12.3 Å². The molecule has 1 aliphatic carbocycles. The molecule has 3 aliphatic heterocycles. The van der Waals surface area contributed by atoms with Crippen LogP contribution in [0.25, 0.3) is 0 Å². The van der Waals surface area contributed by atoms with Crippen LogP contribution in [0.15, 0.2) is 23.2 Å². The quantitative estimate of drug-likeness (QED) is 0.707. The lowest BCUT2D eigenvalue weighted by atomic mass is 9.77. The first-order valence-electron chi connectivity index (χ1n) is 10.6. The Hall–Kier alpha value is -2.61. The van der Waals surface area contributed by atoms with Crippen molar-refractivity contribution in [3.63, 3.8) is 0 Å². The summed E-state index contributed by atoms with van der Waals surface area (Å²) in [6, 6.07) is 6.01. The van der Waals surface area contributed by atoms with Gasteiger partial charge in [-0.3, -0.25) is 14.9 Å². The fraction of sp³-hybridized carbons (Fsp3) is 0.571. The van der Waals surface area contributed by atoms with Gasteiger partial charge in [0.2, 0.25) is 11.9 Å². The van der Waals surface area contributed by atoms with Gasteiger partial charge in [0.05, 0.1) is 11.7 Å². The third-order valence-electron chi connectivity index (χ3n) is 6.62. The number of aliphatic imine (C=N–C) groups is 1. The number of amides is 2. The molecular weight excluding hydrogens is 370 g/mol. The molecule has 1 aromatic rings. The van der Waals surface area contributed by atoms with E-state index in [1.165, 1.54) is 19.3 Å². The minimum absolute atomic E-state index is 0.0498. The molecule has 4 aliphatic rings. The number of nitrogens with two attached hydrogens (primary N) is 1. The van der Waals surface area contributed by atoms with Crippen LogP contribution in [0, 0.1) is 5.92 Å². The Labute approximate surface area is 169 Å². The molecule has 4 N–H and O–H groups in total. The van der Waals surface area contributed by atoms with Crippen LogP contribution in [-0.4, -0.2) is 47.4 Å². The molecule has 0 spiro atoms. The summed E-state index contributed by atoms with van der Waals surface area (Å²) >= 11 is 0. The highest BCUT2D eigenvalue weighted by molar-refractivity contribution is 6.05. The molecule has 8 nitrogen and oxygen atoms in total. The second-order valence-electron chi connectivity index (χ2n) is 8.57. The summed E-state index contributed by atoms with van der Waals surface area (Å²) in [7, 11) is 0. The zero-order chi connectivity index (χ0) is 20.0. The van der Waals surface area contributed by atoms with Crippen LogP contribution in [-0.2, 0) is 16.1 Å². The highest BCUT2D eigenvalue weighted by atomic mass is 16.5. The van der Waals surface area contributed by atoms with E-state index in [9.17, 15) is 9.59 Å². The van der Waals surface area contributed by atoms with Crippen molar-refractivity contribution in [2.45, 2.75) is 63.3 Å². The Bertz CT molecular complexity index is 870. The summed E-state index contributed by atoms with van der Waals surface area (Å²) < 4.78 is 6.09. The number of nitrogens with zero attached hydrogens (tertiary/aromatic N) is 2. The highest BCUT2D eigenvalue weighted by Gasteiger charge is 2.38. The molecule has 3 fully saturated rings. The topological polar surface area (TPSA) is 109 Å². The van der Waals surface area contributed by atoms with Crippen molar-refractivity contribution in [2.75, 3.05) is 6.54 Å². The Morgan fingerprint density at radius 1 is 1.21 bits per heavy atom. The summed E-state index contributed by atoms with van der Waals surface area (Å²) in [6.45, 7) is 0.954. The van der Waals surface area contributed by atoms with Crippen molar-refractivity contribution in [1.29, 1.82) is 0 Å². The van der Waals surface area contributed by atoms with E-state index >= 15 is 0 Å². The first-order chi connectivity index (χ1) is 14.1. The number of piperidine rings is 1. The van der Waals surface area contributed by atoms with Crippen LogP contribution in [0.3, 0.4) is 0 Å². The number of benzene rings is 1. The SMILES string of the molecule is NC(=O)C(Oc1ccc2c(c1)N=C1NC(=O)CN1C2)C1CCC2CCCCC2N1. The lowest BCUT2D eigenvalue weighted by molar-refractivity contribution is -0.126. The fourth-order valence-electron chi connectivity index (χ4n) is 5.14. The number of fused-ring (bicyclic) bond motifs is 3. The van der Waals surface area contributed by atoms with Gasteiger partial charge in [-0.25, -0.2) is 4.99 Å². The highest BCUT2D eigenvalue weighted by Crippen LogP contribution is 2.35. The lowest BCUT2D eigenvalue weighted by Crippen LogP contribution is -2.58. The van der Waals surface area contributed by atoms with Crippen LogP contribution < -0.4 is 21.1 Å². The fourth-order valence-corrected chi connectivity index (χ4v) is 5.14. The number of guanidine groups is 1. The van der Waals surface area contributed by atoms with Crippen molar-refractivity contribution in [2.24, 2.45) is 16.6 Å². The number of hydrogen-bond acceptors (Lipinski definition) is 6. The van der Waals surface area contributed by atoms with Gasteiger partial charge in [0, 0.05) is 18.7 Å². The number of primary amides is 1. The molecular formula is C21H27N5O3. The van der Waals surface area contributed by atoms with Gasteiger partial charge in [0.25, 0.3) is 5.91 Å². The van der Waals surface area contributed by atoms with Gasteiger partial charge in [-0.05, 0) is 43.2 Å². The molecule has 0 aromatic heterocycles. The molecule has 4 atom stereocenters. The van der Waals surface area contributed by atoms with E-state index in [4.69, 9.17) is 10.5 Å². The number of carbonyl (C=O) groups excluding carboxylic acids is 2. The van der Waals surface area contributed by atoms with Gasteiger partial charge in [0.15, 0.2) is 6.10 Å².